The lowest BCUT2D eigenvalue weighted by molar-refractivity contribution is 0.0950. The number of hydrogen-bond donors (Lipinski definition) is 1. The van der Waals surface area contributed by atoms with Crippen molar-refractivity contribution in [3.05, 3.63) is 107 Å². The van der Waals surface area contributed by atoms with E-state index in [9.17, 15) is 4.79 Å². The largest absolute Gasteiger partial charge is 0.497 e. The molecule has 0 bridgehead atoms. The van der Waals surface area contributed by atoms with Crippen molar-refractivity contribution in [3.63, 3.8) is 0 Å². The number of benzene rings is 2. The lowest BCUT2D eigenvalue weighted by Crippen LogP contribution is -2.23. The first-order valence-corrected chi connectivity index (χ1v) is 10.4. The number of carbonyl (C=O) groups excluding carboxylic acids is 1. The van der Waals surface area contributed by atoms with Crippen LogP contribution in [0.1, 0.15) is 32.7 Å². The molecule has 5 heteroatoms. The van der Waals surface area contributed by atoms with E-state index in [1.807, 2.05) is 42.7 Å². The smallest absolute Gasteiger partial charge is 0.251 e. The second-order valence-electron chi connectivity index (χ2n) is 7.59. The Labute approximate surface area is 182 Å². The summed E-state index contributed by atoms with van der Waals surface area (Å²) in [7, 11) is 1.60. The molecule has 0 aliphatic carbocycles. The molecular formula is C26H27N3O2. The molecule has 0 saturated carbocycles. The fourth-order valence-electron chi connectivity index (χ4n) is 3.89. The van der Waals surface area contributed by atoms with Crippen molar-refractivity contribution < 1.29 is 9.53 Å². The molecule has 5 nitrogen and oxygen atoms in total. The maximum absolute atomic E-state index is 12.8. The number of ether oxygens (including phenoxy) is 1. The van der Waals surface area contributed by atoms with Gasteiger partial charge in [-0.2, -0.15) is 0 Å². The Morgan fingerprint density at radius 3 is 2.42 bits per heavy atom. The van der Waals surface area contributed by atoms with Crippen LogP contribution in [-0.2, 0) is 13.1 Å². The van der Waals surface area contributed by atoms with Gasteiger partial charge in [-0.1, -0.05) is 36.4 Å². The van der Waals surface area contributed by atoms with Crippen molar-refractivity contribution in [1.82, 2.24) is 14.5 Å². The van der Waals surface area contributed by atoms with Gasteiger partial charge in [0.15, 0.2) is 0 Å². The van der Waals surface area contributed by atoms with Crippen molar-refractivity contribution in [2.24, 2.45) is 0 Å². The lowest BCUT2D eigenvalue weighted by Gasteiger charge is -2.15. The molecule has 0 spiro atoms. The van der Waals surface area contributed by atoms with E-state index in [1.165, 1.54) is 16.8 Å². The third-order valence-electron chi connectivity index (χ3n) is 5.72. The van der Waals surface area contributed by atoms with E-state index in [2.05, 4.69) is 52.6 Å². The van der Waals surface area contributed by atoms with Crippen molar-refractivity contribution >= 4 is 5.91 Å². The van der Waals surface area contributed by atoms with Crippen molar-refractivity contribution in [3.8, 4) is 11.6 Å². The highest BCUT2D eigenvalue weighted by Gasteiger charge is 2.20. The van der Waals surface area contributed by atoms with Crippen LogP contribution in [-0.4, -0.2) is 22.2 Å². The normalized spacial score (nSPS) is 10.8. The van der Waals surface area contributed by atoms with Gasteiger partial charge in [-0.25, -0.2) is 0 Å². The molecule has 4 aromatic rings. The average molecular weight is 414 g/mol. The number of nitrogens with one attached hydrogen (secondary N) is 1. The molecule has 0 fully saturated rings. The summed E-state index contributed by atoms with van der Waals surface area (Å²) >= 11 is 0. The van der Waals surface area contributed by atoms with Crippen LogP contribution in [0.25, 0.3) is 5.82 Å². The first kappa shape index (κ1) is 20.5. The van der Waals surface area contributed by atoms with E-state index in [4.69, 9.17) is 4.74 Å². The molecule has 0 unspecified atom stereocenters. The summed E-state index contributed by atoms with van der Waals surface area (Å²) < 4.78 is 9.68. The van der Waals surface area contributed by atoms with Gasteiger partial charge in [-0.3, -0.25) is 4.79 Å². The zero-order valence-corrected chi connectivity index (χ0v) is 18.1. The molecular weight excluding hydrogens is 386 g/mol. The average Bonchev–Trinajstić information content (AvgIpc) is 3.41. The van der Waals surface area contributed by atoms with E-state index in [0.29, 0.717) is 17.9 Å². The van der Waals surface area contributed by atoms with Crippen LogP contribution >= 0.6 is 0 Å². The van der Waals surface area contributed by atoms with Crippen LogP contribution in [0.2, 0.25) is 0 Å². The first-order chi connectivity index (χ1) is 15.1. The Bertz CT molecular complexity index is 1180. The summed E-state index contributed by atoms with van der Waals surface area (Å²) in [4.78, 5) is 12.8. The van der Waals surface area contributed by atoms with Crippen LogP contribution in [0.4, 0.5) is 0 Å². The fourth-order valence-corrected chi connectivity index (χ4v) is 3.89. The third-order valence-corrected chi connectivity index (χ3v) is 5.72. The summed E-state index contributed by atoms with van der Waals surface area (Å²) in [5, 5.41) is 3.09. The number of hydrogen-bond acceptors (Lipinski definition) is 2. The van der Waals surface area contributed by atoms with Crippen LogP contribution in [0.3, 0.4) is 0 Å². The quantitative estimate of drug-likeness (QED) is 0.469. The van der Waals surface area contributed by atoms with Crippen LogP contribution in [0.15, 0.2) is 79.1 Å². The highest BCUT2D eigenvalue weighted by atomic mass is 16.5. The Kier molecular flexibility index (Phi) is 5.94. The Balaban J connectivity index is 1.67. The second-order valence-corrected chi connectivity index (χ2v) is 7.59. The summed E-state index contributed by atoms with van der Waals surface area (Å²) in [5.74, 6) is 1.63. The molecule has 0 aliphatic heterocycles. The standard InChI is InChI=1S/C26H27N3O2/c1-19-20(2)29(18-21-10-5-4-6-11-21)26(28-14-7-8-15-28)24(19)17-27-25(30)22-12-9-13-23(16-22)31-3/h4-16H,17-18H2,1-3H3,(H,27,30). The number of rotatable bonds is 7. The zero-order chi connectivity index (χ0) is 21.8. The van der Waals surface area contributed by atoms with Gasteiger partial charge in [-0.15, -0.1) is 0 Å². The SMILES string of the molecule is COc1cccc(C(=O)NCc2c(C)c(C)n(Cc3ccccc3)c2-n2cccc2)c1. The number of aromatic nitrogens is 2. The lowest BCUT2D eigenvalue weighted by atomic mass is 10.1. The molecule has 4 rings (SSSR count). The Morgan fingerprint density at radius 1 is 0.968 bits per heavy atom. The van der Waals surface area contributed by atoms with Gasteiger partial charge in [0.25, 0.3) is 5.91 Å². The van der Waals surface area contributed by atoms with E-state index in [-0.39, 0.29) is 5.91 Å². The molecule has 2 heterocycles. The van der Waals surface area contributed by atoms with Gasteiger partial charge >= 0.3 is 0 Å². The maximum atomic E-state index is 12.8. The Morgan fingerprint density at radius 2 is 1.71 bits per heavy atom. The van der Waals surface area contributed by atoms with E-state index >= 15 is 0 Å². The minimum atomic E-state index is -0.120. The molecule has 0 saturated heterocycles. The highest BCUT2D eigenvalue weighted by Crippen LogP contribution is 2.27. The molecule has 2 aromatic carbocycles. The van der Waals surface area contributed by atoms with Gasteiger partial charge in [0, 0.05) is 42.3 Å². The van der Waals surface area contributed by atoms with Gasteiger partial charge in [0.05, 0.1) is 7.11 Å². The summed E-state index contributed by atoms with van der Waals surface area (Å²) in [6, 6.07) is 21.7. The van der Waals surface area contributed by atoms with Crippen molar-refractivity contribution in [2.45, 2.75) is 26.9 Å². The van der Waals surface area contributed by atoms with Crippen LogP contribution < -0.4 is 10.1 Å². The molecule has 1 N–H and O–H groups in total. The monoisotopic (exact) mass is 413 g/mol. The zero-order valence-electron chi connectivity index (χ0n) is 18.1. The fraction of sp³-hybridized carbons (Fsp3) is 0.192. The minimum Gasteiger partial charge on any atom is -0.497 e. The summed E-state index contributed by atoms with van der Waals surface area (Å²) in [5.41, 5.74) is 5.31. The number of amides is 1. The molecule has 158 valence electrons. The maximum Gasteiger partial charge on any atom is 0.251 e. The van der Waals surface area contributed by atoms with Gasteiger partial charge in [0.2, 0.25) is 0 Å². The number of carbonyl (C=O) groups is 1. The summed E-state index contributed by atoms with van der Waals surface area (Å²) in [6.45, 7) is 5.47. The molecule has 1 amide bonds. The minimum absolute atomic E-state index is 0.120. The highest BCUT2D eigenvalue weighted by molar-refractivity contribution is 5.94. The van der Waals surface area contributed by atoms with Gasteiger partial charge < -0.3 is 19.2 Å². The second kappa shape index (κ2) is 8.96. The van der Waals surface area contributed by atoms with Crippen LogP contribution in [0, 0.1) is 13.8 Å². The van der Waals surface area contributed by atoms with E-state index in [0.717, 1.165) is 17.9 Å². The topological polar surface area (TPSA) is 48.2 Å². The number of methoxy groups -OCH3 is 1. The molecule has 0 radical (unpaired) electrons. The molecule has 0 aliphatic rings. The van der Waals surface area contributed by atoms with Gasteiger partial charge in [0.1, 0.15) is 11.6 Å². The predicted molar refractivity (Wildman–Crippen MR) is 123 cm³/mol. The van der Waals surface area contributed by atoms with Crippen molar-refractivity contribution in [1.29, 1.82) is 0 Å². The molecule has 2 aromatic heterocycles. The van der Waals surface area contributed by atoms with E-state index < -0.39 is 0 Å². The Hall–Kier alpha value is -3.73. The number of nitrogens with zero attached hydrogens (tertiary/aromatic N) is 2. The predicted octanol–water partition coefficient (Wildman–Crippen LogP) is 4.88. The van der Waals surface area contributed by atoms with Crippen LogP contribution in [0.5, 0.6) is 5.75 Å². The van der Waals surface area contributed by atoms with E-state index in [1.54, 1.807) is 19.2 Å². The third kappa shape index (κ3) is 4.26. The molecule has 31 heavy (non-hydrogen) atoms. The first-order valence-electron chi connectivity index (χ1n) is 10.4. The van der Waals surface area contributed by atoms with Gasteiger partial charge in [-0.05, 0) is 55.3 Å². The van der Waals surface area contributed by atoms with Crippen molar-refractivity contribution in [2.75, 3.05) is 7.11 Å². The molecule has 0 atom stereocenters. The summed E-state index contributed by atoms with van der Waals surface area (Å²) in [6.07, 6.45) is 4.09.